The molecule has 29 heavy (non-hydrogen) atoms. The third-order valence-electron chi connectivity index (χ3n) is 4.41. The summed E-state index contributed by atoms with van der Waals surface area (Å²) < 4.78 is 9.98. The highest BCUT2D eigenvalue weighted by Crippen LogP contribution is 2.29. The van der Waals surface area contributed by atoms with Crippen molar-refractivity contribution in [2.24, 2.45) is 0 Å². The van der Waals surface area contributed by atoms with Crippen LogP contribution in [0.4, 0.5) is 26.7 Å². The minimum atomic E-state index is -0.713. The van der Waals surface area contributed by atoms with E-state index in [2.05, 4.69) is 15.4 Å². The predicted molar refractivity (Wildman–Crippen MR) is 108 cm³/mol. The number of nitrogens with one attached hydrogen (secondary N) is 2. The van der Waals surface area contributed by atoms with Crippen molar-refractivity contribution in [3.63, 3.8) is 0 Å². The zero-order chi connectivity index (χ0) is 21.6. The SMILES string of the molecule is COC(=O)Nc1ccc(NC[C@@H]2CCCCN2C(=O)OC(C)(C)C)c([N+](=O)[O-])c1. The first-order valence-corrected chi connectivity index (χ1v) is 9.47. The lowest BCUT2D eigenvalue weighted by atomic mass is 10.0. The maximum Gasteiger partial charge on any atom is 0.411 e. The monoisotopic (exact) mass is 408 g/mol. The van der Waals surface area contributed by atoms with Crippen molar-refractivity contribution in [1.29, 1.82) is 0 Å². The van der Waals surface area contributed by atoms with E-state index in [-0.39, 0.29) is 23.5 Å². The third kappa shape index (κ3) is 6.51. The second-order valence-corrected chi connectivity index (χ2v) is 7.81. The Labute approximate surface area is 169 Å². The van der Waals surface area contributed by atoms with Gasteiger partial charge in [0.2, 0.25) is 0 Å². The van der Waals surface area contributed by atoms with E-state index in [4.69, 9.17) is 4.74 Å². The molecule has 10 nitrogen and oxygen atoms in total. The van der Waals surface area contributed by atoms with Crippen molar-refractivity contribution in [2.75, 3.05) is 30.8 Å². The van der Waals surface area contributed by atoms with Gasteiger partial charge in [0.25, 0.3) is 5.69 Å². The van der Waals surface area contributed by atoms with Crippen molar-refractivity contribution in [1.82, 2.24) is 4.90 Å². The Kier molecular flexibility index (Phi) is 7.24. The molecule has 0 radical (unpaired) electrons. The van der Waals surface area contributed by atoms with Gasteiger partial charge in [0.05, 0.1) is 23.8 Å². The first kappa shape index (κ1) is 22.3. The third-order valence-corrected chi connectivity index (χ3v) is 4.41. The van der Waals surface area contributed by atoms with Crippen LogP contribution in [0.2, 0.25) is 0 Å². The number of carbonyl (C=O) groups excluding carboxylic acids is 2. The number of nitro benzene ring substituents is 1. The van der Waals surface area contributed by atoms with Crippen molar-refractivity contribution >= 4 is 29.2 Å². The van der Waals surface area contributed by atoms with Crippen LogP contribution in [0.15, 0.2) is 18.2 Å². The number of ether oxygens (including phenoxy) is 2. The molecule has 1 saturated heterocycles. The van der Waals surface area contributed by atoms with Crippen LogP contribution in [0.5, 0.6) is 0 Å². The van der Waals surface area contributed by atoms with Gasteiger partial charge in [-0.1, -0.05) is 0 Å². The van der Waals surface area contributed by atoms with Gasteiger partial charge in [-0.05, 0) is 52.2 Å². The molecule has 0 unspecified atom stereocenters. The van der Waals surface area contributed by atoms with Crippen LogP contribution >= 0.6 is 0 Å². The molecule has 0 aromatic heterocycles. The molecule has 1 aliphatic rings. The van der Waals surface area contributed by atoms with Crippen molar-refractivity contribution < 1.29 is 24.0 Å². The molecule has 1 heterocycles. The highest BCUT2D eigenvalue weighted by atomic mass is 16.6. The first-order chi connectivity index (χ1) is 13.6. The lowest BCUT2D eigenvalue weighted by molar-refractivity contribution is -0.383. The molecule has 1 aromatic rings. The smallest absolute Gasteiger partial charge is 0.411 e. The largest absolute Gasteiger partial charge is 0.453 e. The summed E-state index contributed by atoms with van der Waals surface area (Å²) in [6, 6.07) is 4.18. The summed E-state index contributed by atoms with van der Waals surface area (Å²) in [4.78, 5) is 36.4. The van der Waals surface area contributed by atoms with Gasteiger partial charge in [-0.2, -0.15) is 0 Å². The van der Waals surface area contributed by atoms with Gasteiger partial charge >= 0.3 is 12.2 Å². The van der Waals surface area contributed by atoms with Crippen molar-refractivity contribution in [3.8, 4) is 0 Å². The van der Waals surface area contributed by atoms with Gasteiger partial charge < -0.3 is 19.7 Å². The summed E-state index contributed by atoms with van der Waals surface area (Å²) in [7, 11) is 1.21. The van der Waals surface area contributed by atoms with E-state index in [9.17, 15) is 19.7 Å². The van der Waals surface area contributed by atoms with E-state index >= 15 is 0 Å². The summed E-state index contributed by atoms with van der Waals surface area (Å²) in [6.07, 6.45) is 1.55. The number of amides is 2. The second kappa shape index (κ2) is 9.44. The average Bonchev–Trinajstić information content (AvgIpc) is 2.65. The predicted octanol–water partition coefficient (Wildman–Crippen LogP) is 3.97. The maximum absolute atomic E-state index is 12.5. The standard InChI is InChI=1S/C19H28N4O6/c1-19(2,3)29-18(25)22-10-6-5-7-14(22)12-20-15-9-8-13(21-17(24)28-4)11-16(15)23(26)27/h8-9,11,14,20H,5-7,10,12H2,1-4H3,(H,21,24)/t14-/m0/s1. The van der Waals surface area contributed by atoms with Crippen LogP contribution in [0.3, 0.4) is 0 Å². The summed E-state index contributed by atoms with van der Waals surface area (Å²) in [5.74, 6) is 0. The maximum atomic E-state index is 12.5. The number of hydrogen-bond acceptors (Lipinski definition) is 7. The molecule has 0 spiro atoms. The van der Waals surface area contributed by atoms with Gasteiger partial charge in [-0.3, -0.25) is 15.4 Å². The van der Waals surface area contributed by atoms with Crippen LogP contribution in [0, 0.1) is 10.1 Å². The van der Waals surface area contributed by atoms with Crippen LogP contribution in [-0.2, 0) is 9.47 Å². The summed E-state index contributed by atoms with van der Waals surface area (Å²) in [6.45, 7) is 6.38. The molecule has 1 fully saturated rings. The lowest BCUT2D eigenvalue weighted by Crippen LogP contribution is -2.48. The van der Waals surface area contributed by atoms with Gasteiger partial charge in [-0.15, -0.1) is 0 Å². The number of piperidine rings is 1. The van der Waals surface area contributed by atoms with E-state index in [1.807, 2.05) is 20.8 Å². The number of likely N-dealkylation sites (tertiary alicyclic amines) is 1. The molecule has 0 bridgehead atoms. The highest BCUT2D eigenvalue weighted by Gasteiger charge is 2.30. The van der Waals surface area contributed by atoms with Crippen molar-refractivity contribution in [3.05, 3.63) is 28.3 Å². The Morgan fingerprint density at radius 2 is 2.03 bits per heavy atom. The van der Waals surface area contributed by atoms with Gasteiger partial charge in [0, 0.05) is 19.2 Å². The number of anilines is 2. The topological polar surface area (TPSA) is 123 Å². The van der Waals surface area contributed by atoms with Crippen LogP contribution in [0.1, 0.15) is 40.0 Å². The highest BCUT2D eigenvalue weighted by molar-refractivity contribution is 5.86. The van der Waals surface area contributed by atoms with E-state index in [0.29, 0.717) is 18.8 Å². The van der Waals surface area contributed by atoms with E-state index in [1.54, 1.807) is 11.0 Å². The zero-order valence-corrected chi connectivity index (χ0v) is 17.2. The fourth-order valence-electron chi connectivity index (χ4n) is 3.08. The van der Waals surface area contributed by atoms with Crippen LogP contribution in [0.25, 0.3) is 0 Å². The minimum absolute atomic E-state index is 0.133. The van der Waals surface area contributed by atoms with Gasteiger partial charge in [0.1, 0.15) is 11.3 Å². The zero-order valence-electron chi connectivity index (χ0n) is 17.2. The van der Waals surface area contributed by atoms with Crippen LogP contribution < -0.4 is 10.6 Å². The summed E-state index contributed by atoms with van der Waals surface area (Å²) >= 11 is 0. The van der Waals surface area contributed by atoms with E-state index in [1.165, 1.54) is 19.2 Å². The number of hydrogen-bond donors (Lipinski definition) is 2. The van der Waals surface area contributed by atoms with Crippen LogP contribution in [-0.4, -0.2) is 53.9 Å². The number of methoxy groups -OCH3 is 1. The van der Waals surface area contributed by atoms with Gasteiger partial charge in [0.15, 0.2) is 0 Å². The lowest BCUT2D eigenvalue weighted by Gasteiger charge is -2.37. The number of nitrogens with zero attached hydrogens (tertiary/aromatic N) is 2. The quantitative estimate of drug-likeness (QED) is 0.558. The Morgan fingerprint density at radius 3 is 2.66 bits per heavy atom. The molecular formula is C19H28N4O6. The number of benzene rings is 1. The van der Waals surface area contributed by atoms with E-state index in [0.717, 1.165) is 19.3 Å². The summed E-state index contributed by atoms with van der Waals surface area (Å²) in [5, 5.41) is 16.9. The normalized spacial score (nSPS) is 16.7. The fraction of sp³-hybridized carbons (Fsp3) is 0.579. The second-order valence-electron chi connectivity index (χ2n) is 7.81. The first-order valence-electron chi connectivity index (χ1n) is 9.47. The molecule has 1 atom stereocenters. The molecule has 2 N–H and O–H groups in total. The average molecular weight is 408 g/mol. The Bertz CT molecular complexity index is 762. The molecule has 160 valence electrons. The van der Waals surface area contributed by atoms with Gasteiger partial charge in [-0.25, -0.2) is 9.59 Å². The van der Waals surface area contributed by atoms with E-state index < -0.39 is 16.6 Å². The Balaban J connectivity index is 2.10. The molecule has 2 rings (SSSR count). The number of rotatable bonds is 5. The number of nitro groups is 1. The molecule has 1 aromatic carbocycles. The molecule has 1 aliphatic heterocycles. The van der Waals surface area contributed by atoms with Crippen molar-refractivity contribution in [2.45, 2.75) is 51.7 Å². The Morgan fingerprint density at radius 1 is 1.31 bits per heavy atom. The molecular weight excluding hydrogens is 380 g/mol. The minimum Gasteiger partial charge on any atom is -0.453 e. The molecule has 2 amide bonds. The summed E-state index contributed by atoms with van der Waals surface area (Å²) in [5.41, 5.74) is -0.214. The molecule has 0 saturated carbocycles. The fourth-order valence-corrected chi connectivity index (χ4v) is 3.08. The Hall–Kier alpha value is -3.04. The molecule has 10 heteroatoms. The molecule has 0 aliphatic carbocycles. The number of carbonyl (C=O) groups is 2.